The summed E-state index contributed by atoms with van der Waals surface area (Å²) in [6.45, 7) is 0.956. The second kappa shape index (κ2) is 8.53. The van der Waals surface area contributed by atoms with Crippen molar-refractivity contribution in [2.75, 3.05) is 27.2 Å². The number of hydrogen-bond donors (Lipinski definition) is 1. The summed E-state index contributed by atoms with van der Waals surface area (Å²) in [4.78, 5) is 29.7. The third-order valence-electron chi connectivity index (χ3n) is 5.56. The number of aliphatic hydroxyl groups is 1. The lowest BCUT2D eigenvalue weighted by molar-refractivity contribution is -0.140. The van der Waals surface area contributed by atoms with Crippen molar-refractivity contribution in [3.8, 4) is 0 Å². The molecule has 0 saturated carbocycles. The van der Waals surface area contributed by atoms with Gasteiger partial charge in [-0.3, -0.25) is 9.59 Å². The van der Waals surface area contributed by atoms with Crippen LogP contribution in [0.2, 0.25) is 5.02 Å². The summed E-state index contributed by atoms with van der Waals surface area (Å²) in [5, 5.41) is 13.6. The van der Waals surface area contributed by atoms with E-state index in [2.05, 4.69) is 0 Å². The van der Waals surface area contributed by atoms with E-state index in [4.69, 9.17) is 11.6 Å². The highest BCUT2D eigenvalue weighted by molar-refractivity contribution is 6.46. The minimum absolute atomic E-state index is 0.0995. The highest BCUT2D eigenvalue weighted by Gasteiger charge is 2.46. The Bertz CT molecular complexity index is 1180. The molecule has 1 fully saturated rings. The molecule has 0 spiro atoms. The van der Waals surface area contributed by atoms with E-state index in [1.165, 1.54) is 0 Å². The van der Waals surface area contributed by atoms with Crippen LogP contribution >= 0.6 is 11.6 Å². The largest absolute Gasteiger partial charge is 0.507 e. The number of aliphatic hydroxyl groups excluding tert-OH is 1. The number of amides is 1. The molecular formula is C25H23ClN2O3. The van der Waals surface area contributed by atoms with Gasteiger partial charge in [0.25, 0.3) is 11.7 Å². The van der Waals surface area contributed by atoms with Crippen molar-refractivity contribution in [2.45, 2.75) is 6.04 Å². The SMILES string of the molecule is CN(C)CCN1C(=O)C(=O)/C(=C(\O)c2ccc(Cl)cc2)C1c1cccc2ccccc12. The van der Waals surface area contributed by atoms with E-state index in [1.54, 1.807) is 29.2 Å². The third kappa shape index (κ3) is 3.94. The molecule has 1 N–H and O–H groups in total. The number of hydrogen-bond acceptors (Lipinski definition) is 4. The Kier molecular flexibility index (Phi) is 5.81. The molecule has 31 heavy (non-hydrogen) atoms. The molecule has 5 nitrogen and oxygen atoms in total. The van der Waals surface area contributed by atoms with Gasteiger partial charge in [-0.25, -0.2) is 0 Å². The highest BCUT2D eigenvalue weighted by Crippen LogP contribution is 2.41. The van der Waals surface area contributed by atoms with E-state index >= 15 is 0 Å². The molecule has 3 aromatic rings. The maximum Gasteiger partial charge on any atom is 0.295 e. The molecule has 0 aromatic heterocycles. The van der Waals surface area contributed by atoms with Crippen LogP contribution in [0.1, 0.15) is 17.2 Å². The number of ketones is 1. The first-order chi connectivity index (χ1) is 14.9. The summed E-state index contributed by atoms with van der Waals surface area (Å²) in [7, 11) is 3.83. The van der Waals surface area contributed by atoms with Gasteiger partial charge in [-0.2, -0.15) is 0 Å². The van der Waals surface area contributed by atoms with Crippen LogP contribution in [0.3, 0.4) is 0 Å². The van der Waals surface area contributed by atoms with Crippen LogP contribution in [-0.2, 0) is 9.59 Å². The number of carbonyl (C=O) groups excluding carboxylic acids is 2. The number of benzene rings is 3. The summed E-state index contributed by atoms with van der Waals surface area (Å²) in [5.74, 6) is -1.47. The molecule has 0 bridgehead atoms. The minimum atomic E-state index is -0.679. The Labute approximate surface area is 186 Å². The lowest BCUT2D eigenvalue weighted by Gasteiger charge is -2.27. The molecular weight excluding hydrogens is 412 g/mol. The van der Waals surface area contributed by atoms with E-state index in [9.17, 15) is 14.7 Å². The quantitative estimate of drug-likeness (QED) is 0.365. The Hall–Kier alpha value is -3.15. The van der Waals surface area contributed by atoms with Gasteiger partial charge in [0.1, 0.15) is 5.76 Å². The van der Waals surface area contributed by atoms with E-state index < -0.39 is 17.7 Å². The zero-order valence-electron chi connectivity index (χ0n) is 17.4. The zero-order chi connectivity index (χ0) is 22.1. The average Bonchev–Trinajstić information content (AvgIpc) is 3.02. The van der Waals surface area contributed by atoms with Crippen molar-refractivity contribution in [1.29, 1.82) is 0 Å². The van der Waals surface area contributed by atoms with Crippen LogP contribution in [0.25, 0.3) is 16.5 Å². The molecule has 0 aliphatic carbocycles. The van der Waals surface area contributed by atoms with Crippen LogP contribution < -0.4 is 0 Å². The molecule has 6 heteroatoms. The molecule has 0 radical (unpaired) electrons. The topological polar surface area (TPSA) is 60.9 Å². The predicted octanol–water partition coefficient (Wildman–Crippen LogP) is 4.48. The van der Waals surface area contributed by atoms with Crippen LogP contribution in [0.4, 0.5) is 0 Å². The van der Waals surface area contributed by atoms with Gasteiger partial charge < -0.3 is 14.9 Å². The molecule has 1 unspecified atom stereocenters. The summed E-state index contributed by atoms with van der Waals surface area (Å²) in [6, 6.07) is 19.5. The summed E-state index contributed by atoms with van der Waals surface area (Å²) >= 11 is 5.98. The summed E-state index contributed by atoms with van der Waals surface area (Å²) in [6.07, 6.45) is 0. The molecule has 1 atom stereocenters. The fourth-order valence-electron chi connectivity index (χ4n) is 3.99. The lowest BCUT2D eigenvalue weighted by atomic mass is 9.91. The second-order valence-electron chi connectivity index (χ2n) is 7.87. The van der Waals surface area contributed by atoms with Crippen LogP contribution in [-0.4, -0.2) is 53.8 Å². The van der Waals surface area contributed by atoms with Crippen molar-refractivity contribution in [3.63, 3.8) is 0 Å². The first-order valence-electron chi connectivity index (χ1n) is 10.0. The molecule has 3 aromatic carbocycles. The van der Waals surface area contributed by atoms with Crippen molar-refractivity contribution < 1.29 is 14.7 Å². The van der Waals surface area contributed by atoms with Crippen molar-refractivity contribution in [1.82, 2.24) is 9.80 Å². The summed E-state index contributed by atoms with van der Waals surface area (Å²) in [5.41, 5.74) is 1.36. The predicted molar refractivity (Wildman–Crippen MR) is 123 cm³/mol. The number of rotatable bonds is 5. The van der Waals surface area contributed by atoms with E-state index in [1.807, 2.05) is 61.5 Å². The molecule has 1 aliphatic rings. The van der Waals surface area contributed by atoms with Crippen molar-refractivity contribution in [3.05, 3.63) is 88.5 Å². The average molecular weight is 435 g/mol. The smallest absolute Gasteiger partial charge is 0.295 e. The molecule has 4 rings (SSSR count). The minimum Gasteiger partial charge on any atom is -0.507 e. The molecule has 1 saturated heterocycles. The monoisotopic (exact) mass is 434 g/mol. The Morgan fingerprint density at radius 2 is 1.68 bits per heavy atom. The number of likely N-dealkylation sites (N-methyl/N-ethyl adjacent to an activating group) is 1. The lowest BCUT2D eigenvalue weighted by Crippen LogP contribution is -2.35. The van der Waals surface area contributed by atoms with Crippen LogP contribution in [0.5, 0.6) is 0 Å². The number of Topliss-reactive ketones (excluding diaryl/α,β-unsaturated/α-hetero) is 1. The Morgan fingerprint density at radius 1 is 1.00 bits per heavy atom. The molecule has 1 amide bonds. The second-order valence-corrected chi connectivity index (χ2v) is 8.31. The molecule has 1 aliphatic heterocycles. The first-order valence-corrected chi connectivity index (χ1v) is 10.4. The number of fused-ring (bicyclic) bond motifs is 1. The van der Waals surface area contributed by atoms with Gasteiger partial charge in [-0.15, -0.1) is 0 Å². The zero-order valence-corrected chi connectivity index (χ0v) is 18.1. The maximum atomic E-state index is 13.1. The number of likely N-dealkylation sites (tertiary alicyclic amines) is 1. The van der Waals surface area contributed by atoms with E-state index in [-0.39, 0.29) is 11.3 Å². The third-order valence-corrected chi connectivity index (χ3v) is 5.82. The summed E-state index contributed by atoms with van der Waals surface area (Å²) < 4.78 is 0. The number of halogens is 1. The van der Waals surface area contributed by atoms with Gasteiger partial charge in [-0.1, -0.05) is 54.1 Å². The maximum absolute atomic E-state index is 13.1. The first kappa shape index (κ1) is 21.1. The van der Waals surface area contributed by atoms with Gasteiger partial charge in [0.05, 0.1) is 11.6 Å². The van der Waals surface area contributed by atoms with E-state index in [0.29, 0.717) is 23.7 Å². The number of carbonyl (C=O) groups is 2. The van der Waals surface area contributed by atoms with E-state index in [0.717, 1.165) is 16.3 Å². The normalized spacial score (nSPS) is 18.3. The Morgan fingerprint density at radius 3 is 2.39 bits per heavy atom. The van der Waals surface area contributed by atoms with Gasteiger partial charge in [0, 0.05) is 23.7 Å². The van der Waals surface area contributed by atoms with Gasteiger partial charge in [0.15, 0.2) is 0 Å². The van der Waals surface area contributed by atoms with Crippen LogP contribution in [0.15, 0.2) is 72.3 Å². The van der Waals surface area contributed by atoms with Crippen molar-refractivity contribution >= 4 is 39.8 Å². The standard InChI is InChI=1S/C25H23ClN2O3/c1-27(2)14-15-28-22(20-9-5-7-16-6-3-4-8-19(16)20)21(24(30)25(28)31)23(29)17-10-12-18(26)13-11-17/h3-13,22,29H,14-15H2,1-2H3/b23-21-. The van der Waals surface area contributed by atoms with Gasteiger partial charge >= 0.3 is 0 Å². The molecule has 158 valence electrons. The van der Waals surface area contributed by atoms with Crippen molar-refractivity contribution in [2.24, 2.45) is 0 Å². The fourth-order valence-corrected chi connectivity index (χ4v) is 4.12. The fraction of sp³-hybridized carbons (Fsp3) is 0.200. The van der Waals surface area contributed by atoms with Gasteiger partial charge in [0.2, 0.25) is 0 Å². The Balaban J connectivity index is 1.93. The van der Waals surface area contributed by atoms with Crippen LogP contribution in [0, 0.1) is 0 Å². The highest BCUT2D eigenvalue weighted by atomic mass is 35.5. The van der Waals surface area contributed by atoms with Gasteiger partial charge in [-0.05, 0) is 54.7 Å². The number of nitrogens with zero attached hydrogens (tertiary/aromatic N) is 2. The molecule has 1 heterocycles.